The zero-order chi connectivity index (χ0) is 10.7. The fraction of sp³-hybridized carbons (Fsp3) is 0.300. The first-order valence-corrected chi connectivity index (χ1v) is 5.63. The van der Waals surface area contributed by atoms with Crippen LogP contribution in [-0.2, 0) is 12.8 Å². The van der Waals surface area contributed by atoms with Crippen LogP contribution in [0.2, 0.25) is 0 Å². The van der Waals surface area contributed by atoms with E-state index in [4.69, 9.17) is 0 Å². The van der Waals surface area contributed by atoms with Gasteiger partial charge in [-0.3, -0.25) is 4.98 Å². The number of hydrogen-bond donors (Lipinski definition) is 0. The van der Waals surface area contributed by atoms with E-state index in [0.717, 1.165) is 16.6 Å². The van der Waals surface area contributed by atoms with E-state index in [0.29, 0.717) is 0 Å². The molecule has 0 aliphatic rings. The molecule has 0 unspecified atom stereocenters. The molecule has 0 spiro atoms. The van der Waals surface area contributed by atoms with Gasteiger partial charge >= 0.3 is 0 Å². The Balaban J connectivity index is 2.06. The summed E-state index contributed by atoms with van der Waals surface area (Å²) in [5, 5.41) is 4.93. The Morgan fingerprint density at radius 2 is 2.27 bits per heavy atom. The standard InChI is InChI=1S/C10H12N4S/c1-8-4-3-5-11-9(8)6-15-10-12-7-13-14(10)2/h3-5,7H,6H2,1-2H3. The maximum absolute atomic E-state index is 4.33. The largest absolute Gasteiger partial charge is 0.260 e. The second-order valence-electron chi connectivity index (χ2n) is 3.22. The highest BCUT2D eigenvalue weighted by Gasteiger charge is 2.04. The number of nitrogens with zero attached hydrogens (tertiary/aromatic N) is 4. The lowest BCUT2D eigenvalue weighted by atomic mass is 10.2. The average molecular weight is 220 g/mol. The highest BCUT2D eigenvalue weighted by Crippen LogP contribution is 2.19. The van der Waals surface area contributed by atoms with Crippen LogP contribution in [0.4, 0.5) is 0 Å². The molecule has 15 heavy (non-hydrogen) atoms. The third kappa shape index (κ3) is 2.36. The van der Waals surface area contributed by atoms with Crippen LogP contribution in [0.5, 0.6) is 0 Å². The van der Waals surface area contributed by atoms with Crippen LogP contribution in [0.3, 0.4) is 0 Å². The minimum absolute atomic E-state index is 0.833. The maximum Gasteiger partial charge on any atom is 0.186 e. The number of aryl methyl sites for hydroxylation is 2. The second-order valence-corrected chi connectivity index (χ2v) is 4.16. The average Bonchev–Trinajstić information content (AvgIpc) is 2.63. The summed E-state index contributed by atoms with van der Waals surface area (Å²) < 4.78 is 1.77. The van der Waals surface area contributed by atoms with Crippen molar-refractivity contribution in [1.82, 2.24) is 19.7 Å². The fourth-order valence-corrected chi connectivity index (χ4v) is 2.14. The van der Waals surface area contributed by atoms with Crippen LogP contribution in [-0.4, -0.2) is 19.7 Å². The van der Waals surface area contributed by atoms with Crippen molar-refractivity contribution in [1.29, 1.82) is 0 Å². The number of aromatic nitrogens is 4. The normalized spacial score (nSPS) is 10.5. The van der Waals surface area contributed by atoms with Gasteiger partial charge in [0.25, 0.3) is 0 Å². The zero-order valence-electron chi connectivity index (χ0n) is 8.71. The molecule has 78 valence electrons. The van der Waals surface area contributed by atoms with Gasteiger partial charge in [-0.2, -0.15) is 5.10 Å². The van der Waals surface area contributed by atoms with E-state index in [-0.39, 0.29) is 0 Å². The molecule has 0 N–H and O–H groups in total. The predicted octanol–water partition coefficient (Wildman–Crippen LogP) is 1.81. The Bertz CT molecular complexity index is 452. The van der Waals surface area contributed by atoms with Gasteiger partial charge in [0, 0.05) is 19.0 Å². The molecule has 2 aromatic rings. The molecule has 0 fully saturated rings. The summed E-state index contributed by atoms with van der Waals surface area (Å²) >= 11 is 1.65. The number of rotatable bonds is 3. The fourth-order valence-electron chi connectivity index (χ4n) is 1.22. The molecule has 2 rings (SSSR count). The summed E-state index contributed by atoms with van der Waals surface area (Å²) in [7, 11) is 1.89. The molecule has 4 nitrogen and oxygen atoms in total. The molecule has 0 aliphatic carbocycles. The van der Waals surface area contributed by atoms with Gasteiger partial charge in [-0.15, -0.1) is 0 Å². The summed E-state index contributed by atoms with van der Waals surface area (Å²) in [6.07, 6.45) is 3.38. The van der Waals surface area contributed by atoms with Gasteiger partial charge in [-0.25, -0.2) is 9.67 Å². The monoisotopic (exact) mass is 220 g/mol. The summed E-state index contributed by atoms with van der Waals surface area (Å²) in [6, 6.07) is 4.02. The van der Waals surface area contributed by atoms with Crippen LogP contribution >= 0.6 is 11.8 Å². The van der Waals surface area contributed by atoms with Crippen molar-refractivity contribution in [2.45, 2.75) is 17.8 Å². The second kappa shape index (κ2) is 4.44. The van der Waals surface area contributed by atoms with Crippen molar-refractivity contribution in [2.24, 2.45) is 7.05 Å². The van der Waals surface area contributed by atoms with Crippen molar-refractivity contribution in [3.05, 3.63) is 35.9 Å². The molecule has 2 aromatic heterocycles. The Hall–Kier alpha value is -1.36. The Kier molecular flexibility index (Phi) is 3.01. The van der Waals surface area contributed by atoms with E-state index in [1.165, 1.54) is 5.56 Å². The Morgan fingerprint density at radius 3 is 2.93 bits per heavy atom. The van der Waals surface area contributed by atoms with E-state index in [2.05, 4.69) is 28.1 Å². The van der Waals surface area contributed by atoms with E-state index >= 15 is 0 Å². The first-order chi connectivity index (χ1) is 7.27. The lowest BCUT2D eigenvalue weighted by Crippen LogP contribution is -1.95. The maximum atomic E-state index is 4.33. The smallest absolute Gasteiger partial charge is 0.186 e. The molecule has 2 heterocycles. The van der Waals surface area contributed by atoms with Gasteiger partial charge in [-0.05, 0) is 18.6 Å². The number of pyridine rings is 1. The Labute approximate surface area is 92.8 Å². The van der Waals surface area contributed by atoms with Crippen molar-refractivity contribution in [3.8, 4) is 0 Å². The minimum Gasteiger partial charge on any atom is -0.260 e. The minimum atomic E-state index is 0.833. The topological polar surface area (TPSA) is 43.6 Å². The lowest BCUT2D eigenvalue weighted by molar-refractivity contribution is 0.685. The SMILES string of the molecule is Cc1cccnc1CSc1ncnn1C. The predicted molar refractivity (Wildman–Crippen MR) is 59.5 cm³/mol. The van der Waals surface area contributed by atoms with Gasteiger partial charge in [-0.1, -0.05) is 17.8 Å². The summed E-state index contributed by atoms with van der Waals surface area (Å²) in [5.41, 5.74) is 2.32. The van der Waals surface area contributed by atoms with Gasteiger partial charge in [0.15, 0.2) is 5.16 Å². The molecule has 0 atom stereocenters. The van der Waals surface area contributed by atoms with E-state index < -0.39 is 0 Å². The van der Waals surface area contributed by atoms with Crippen LogP contribution in [0.25, 0.3) is 0 Å². The molecular formula is C10H12N4S. The van der Waals surface area contributed by atoms with Crippen molar-refractivity contribution >= 4 is 11.8 Å². The molecule has 0 aromatic carbocycles. The van der Waals surface area contributed by atoms with Crippen LogP contribution in [0.1, 0.15) is 11.3 Å². The quantitative estimate of drug-likeness (QED) is 0.740. The van der Waals surface area contributed by atoms with Gasteiger partial charge in [0.1, 0.15) is 6.33 Å². The first-order valence-electron chi connectivity index (χ1n) is 4.64. The molecule has 0 radical (unpaired) electrons. The molecule has 5 heteroatoms. The van der Waals surface area contributed by atoms with E-state index in [1.54, 1.807) is 22.8 Å². The summed E-state index contributed by atoms with van der Waals surface area (Å²) in [6.45, 7) is 2.07. The molecule has 0 bridgehead atoms. The van der Waals surface area contributed by atoms with E-state index in [1.807, 2.05) is 19.3 Å². The third-order valence-corrected chi connectivity index (χ3v) is 3.17. The van der Waals surface area contributed by atoms with Gasteiger partial charge in [0.2, 0.25) is 0 Å². The third-order valence-electron chi connectivity index (χ3n) is 2.13. The number of thioether (sulfide) groups is 1. The van der Waals surface area contributed by atoms with E-state index in [9.17, 15) is 0 Å². The molecular weight excluding hydrogens is 208 g/mol. The molecule has 0 aliphatic heterocycles. The highest BCUT2D eigenvalue weighted by atomic mass is 32.2. The van der Waals surface area contributed by atoms with Crippen molar-refractivity contribution in [3.63, 3.8) is 0 Å². The molecule has 0 amide bonds. The highest BCUT2D eigenvalue weighted by molar-refractivity contribution is 7.98. The molecule has 0 saturated heterocycles. The Morgan fingerprint density at radius 1 is 1.40 bits per heavy atom. The summed E-state index contributed by atoms with van der Waals surface area (Å²) in [4.78, 5) is 8.48. The van der Waals surface area contributed by atoms with Gasteiger partial charge in [0.05, 0.1) is 5.69 Å². The zero-order valence-corrected chi connectivity index (χ0v) is 9.53. The summed E-state index contributed by atoms with van der Waals surface area (Å²) in [5.74, 6) is 0.833. The number of hydrogen-bond acceptors (Lipinski definition) is 4. The van der Waals surface area contributed by atoms with Crippen molar-refractivity contribution in [2.75, 3.05) is 0 Å². The van der Waals surface area contributed by atoms with Crippen LogP contribution < -0.4 is 0 Å². The molecule has 0 saturated carbocycles. The van der Waals surface area contributed by atoms with Crippen LogP contribution in [0, 0.1) is 6.92 Å². The first kappa shape index (κ1) is 10.2. The lowest BCUT2D eigenvalue weighted by Gasteiger charge is -2.03. The van der Waals surface area contributed by atoms with Gasteiger partial charge < -0.3 is 0 Å². The van der Waals surface area contributed by atoms with Crippen molar-refractivity contribution < 1.29 is 0 Å². The van der Waals surface area contributed by atoms with Crippen LogP contribution in [0.15, 0.2) is 29.8 Å².